The molecule has 6 N–H and O–H groups in total. The van der Waals surface area contributed by atoms with E-state index in [1.54, 1.807) is 97.6 Å². The second kappa shape index (κ2) is 51.1. The average molecular weight is 2150 g/mol. The minimum atomic E-state index is -4.42. The lowest BCUT2D eigenvalue weighted by Gasteiger charge is -2.13. The zero-order valence-electron chi connectivity index (χ0n) is 83.3. The van der Waals surface area contributed by atoms with Crippen LogP contribution in [0, 0.1) is 55.4 Å². The number of halogens is 5. The maximum Gasteiger partial charge on any atom is 0.422 e. The predicted octanol–water partition coefficient (Wildman–Crippen LogP) is 18.3. The molecule has 780 valence electrons. The summed E-state index contributed by atoms with van der Waals surface area (Å²) in [6, 6.07) is 45.1. The first-order chi connectivity index (χ1) is 71.7. The van der Waals surface area contributed by atoms with E-state index < -0.39 is 84.2 Å². The first-order valence-electron chi connectivity index (χ1n) is 45.6. The summed E-state index contributed by atoms with van der Waals surface area (Å²) in [5.41, 5.74) is 20.6. The minimum absolute atomic E-state index is 0.00962. The monoisotopic (exact) mass is 2150 g/mol. The molecule has 0 fully saturated rings. The van der Waals surface area contributed by atoms with E-state index in [2.05, 4.69) is 99.4 Å². The molecule has 19 aromatic rings. The molecule has 5 aromatic carbocycles. The Balaban J connectivity index is 0.000000141. The Labute approximate surface area is 866 Å². The topological polar surface area (TPSA) is 462 Å². The fourth-order valence-electron chi connectivity index (χ4n) is 15.1. The number of rotatable bonds is 34. The molecule has 0 saturated heterocycles. The van der Waals surface area contributed by atoms with Crippen molar-refractivity contribution in [3.63, 3.8) is 0 Å². The van der Waals surface area contributed by atoms with E-state index in [9.17, 15) is 47.2 Å². The molecular weight excluding hydrogens is 2050 g/mol. The Bertz CT molecular complexity index is 8000. The van der Waals surface area contributed by atoms with E-state index in [-0.39, 0.29) is 39.7 Å². The molecule has 6 unspecified atom stereocenters. The zero-order chi connectivity index (χ0) is 106. The quantitative estimate of drug-likeness (QED) is 0.0161. The number of aromatic nitrogens is 20. The Hall–Kier alpha value is -15.0. The summed E-state index contributed by atoms with van der Waals surface area (Å²) in [6.45, 7) is 12.1. The molecule has 0 spiro atoms. The third-order valence-electron chi connectivity index (χ3n) is 22.8. The van der Waals surface area contributed by atoms with Crippen LogP contribution < -0.4 is 42.6 Å². The van der Waals surface area contributed by atoms with Gasteiger partial charge in [0, 0.05) is 133 Å². The molecule has 47 heteroatoms. The van der Waals surface area contributed by atoms with Crippen LogP contribution in [-0.4, -0.2) is 207 Å². The summed E-state index contributed by atoms with van der Waals surface area (Å²) in [5.74, 6) is 5.68. The van der Waals surface area contributed by atoms with E-state index in [1.165, 1.54) is 50.9 Å². The van der Waals surface area contributed by atoms with E-state index in [1.807, 2.05) is 162 Å². The second-order valence-electron chi connectivity index (χ2n) is 32.9. The van der Waals surface area contributed by atoms with Gasteiger partial charge in [-0.3, -0.25) is 55.2 Å². The molecule has 149 heavy (non-hydrogen) atoms. The third-order valence-corrected chi connectivity index (χ3v) is 29.7. The van der Waals surface area contributed by atoms with Gasteiger partial charge in [0.2, 0.25) is 5.88 Å². The molecule has 0 bridgehead atoms. The summed E-state index contributed by atoms with van der Waals surface area (Å²) in [4.78, 5) is 74.4. The first kappa shape index (κ1) is 110. The highest BCUT2D eigenvalue weighted by Crippen LogP contribution is 2.35. The van der Waals surface area contributed by atoms with E-state index in [0.717, 1.165) is 135 Å². The van der Waals surface area contributed by atoms with Crippen molar-refractivity contribution in [3.8, 4) is 57.6 Å². The number of ether oxygens (including phenoxy) is 10. The van der Waals surface area contributed by atoms with Crippen LogP contribution in [0.5, 0.6) is 51.9 Å². The number of benzene rings is 5. The Morgan fingerprint density at radius 1 is 0.349 bits per heavy atom. The van der Waals surface area contributed by atoms with Gasteiger partial charge in [-0.05, 0) is 164 Å². The van der Waals surface area contributed by atoms with Gasteiger partial charge in [0.1, 0.15) is 34.5 Å². The van der Waals surface area contributed by atoms with E-state index in [0.29, 0.717) is 113 Å². The van der Waals surface area contributed by atoms with Crippen molar-refractivity contribution in [3.05, 3.63) is 280 Å². The normalized spacial score (nSPS) is 12.5. The molecule has 0 aliphatic rings. The van der Waals surface area contributed by atoms with Gasteiger partial charge >= 0.3 is 12.8 Å². The number of aryl methyl sites for hydroxylation is 3. The van der Waals surface area contributed by atoms with Crippen molar-refractivity contribution >= 4 is 131 Å². The van der Waals surface area contributed by atoms with Gasteiger partial charge in [-0.25, -0.2) is 29.9 Å². The van der Waals surface area contributed by atoms with Crippen molar-refractivity contribution in [2.24, 2.45) is 0 Å². The zero-order valence-corrected chi connectivity index (χ0v) is 88.2. The highest BCUT2D eigenvalue weighted by Gasteiger charge is 2.30. The molecule has 0 radical (unpaired) electrons. The van der Waals surface area contributed by atoms with Gasteiger partial charge in [0.05, 0.1) is 243 Å². The molecule has 14 aromatic heterocycles. The Morgan fingerprint density at radius 3 is 1.20 bits per heavy atom. The van der Waals surface area contributed by atoms with Crippen LogP contribution in [0.3, 0.4) is 0 Å². The number of para-hydroxylation sites is 4. The summed E-state index contributed by atoms with van der Waals surface area (Å²) < 4.78 is 191. The van der Waals surface area contributed by atoms with Crippen molar-refractivity contribution in [2.45, 2.75) is 140 Å². The molecule has 14 heterocycles. The van der Waals surface area contributed by atoms with Crippen LogP contribution in [0.4, 0.5) is 22.0 Å². The number of alkyl halides is 5. The molecular formula is C102H105F5N20O16S6. The summed E-state index contributed by atoms with van der Waals surface area (Å²) in [6.07, 6.45) is 10.0. The van der Waals surface area contributed by atoms with Crippen LogP contribution in [0.15, 0.2) is 232 Å². The largest absolute Gasteiger partial charge is 0.496 e. The van der Waals surface area contributed by atoms with Crippen molar-refractivity contribution in [1.82, 2.24) is 99.3 Å². The second-order valence-corrected chi connectivity index (χ2v) is 41.0. The summed E-state index contributed by atoms with van der Waals surface area (Å²) >= 11 is 0. The van der Waals surface area contributed by atoms with Crippen LogP contribution in [-0.2, 0) is 104 Å². The number of fused-ring (bicyclic) bond motifs is 6. The lowest BCUT2D eigenvalue weighted by Crippen LogP contribution is -2.19. The number of nitrogens with zero attached hydrogens (tertiary/aromatic N) is 14. The number of methoxy groups -OCH3 is 7. The number of pyridine rings is 7. The van der Waals surface area contributed by atoms with Crippen molar-refractivity contribution < 1.29 is 94.6 Å². The Morgan fingerprint density at radius 2 is 0.745 bits per heavy atom. The standard InChI is InChI=1S/C19H18N4O2S.C18H21N3O3S.C17H19N3O2S.C16H14F3N3O2S.C16H15F2N3O4S.C16H18N4O3S/c1-13-17(20-8-7-18(13)25-2)12-26(24)19-21-15-6-5-14(11-16(15)22-19)23-9-3-4-10-23;1-13-16(19-9-8-17(13)24-11-5-10-23-2)12-25(22)18-20-14-6-3-4-7-15(14)21-18;1-10-5-6-13-14(7-10)20-17(19-13)23(21)9-15-12(3)16(22-4)11(2)8-18-15;1-10-13(20-7-6-14(10)24-9-16(17,18)19)8-25(23)15-21-11-4-2-3-5-12(11)22-15;1-23-13-5-6-19-12(14(13)24-2)8-26(22)16-20-10-4-3-9(25-15(17)18)7-11(10)21-16;1-9-7-17-12(10(2)14(9)23-4)8-24(21)16-18-11-5-6-13(22-3)19-15(11)20-16/h3-11H,12H2,1-2H3,(H,21,22);3-4,6-9H,5,10-12H2,1-2H3,(H,20,21);5-8H,9H2,1-4H3,(H,19,20);2-7H,8-9H2,1H3,(H,21,22);3-7,15H,8H2,1-2H3,(H,20,21);5-7H,8H2,1-4H3,(H,18,19,20). The SMILES string of the molecule is COCCCOc1ccnc(CS(=O)c2nc3ccccc3[nH]2)c1C.COc1c(C)cnc(CS(=O)c2nc3ccc(C)cc3[nH]2)c1C.COc1ccc2[nH]c(S(=O)Cc3ncc(C)c(OC)c3C)nc2n1.COc1ccnc(CS(=O)c2nc3ccc(-n4cccc4)cc3[nH]2)c1C.COc1ccnc(CS(=O)c2nc3ccc(OC(F)F)cc3[nH]2)c1OC.Cc1c(OCC(F)(F)F)ccnc1CS(=O)c1nc2ccccc2[nH]1. The molecule has 0 aliphatic carbocycles. The average Bonchev–Trinajstić information content (AvgIpc) is 1.66. The number of aromatic amines is 6. The van der Waals surface area contributed by atoms with Gasteiger partial charge in [0.25, 0.3) is 0 Å². The number of imidazole rings is 6. The predicted molar refractivity (Wildman–Crippen MR) is 557 cm³/mol. The van der Waals surface area contributed by atoms with Crippen LogP contribution >= 0.6 is 0 Å². The van der Waals surface area contributed by atoms with Gasteiger partial charge in [-0.1, -0.05) is 30.3 Å². The third kappa shape index (κ3) is 28.3. The van der Waals surface area contributed by atoms with Crippen LogP contribution in [0.25, 0.3) is 72.0 Å². The molecule has 0 aliphatic heterocycles. The Kier molecular flexibility index (Phi) is 37.6. The molecule has 0 amide bonds. The number of H-pyrrole nitrogens is 6. The van der Waals surface area contributed by atoms with Gasteiger partial charge < -0.3 is 81.8 Å². The molecule has 0 saturated carbocycles. The van der Waals surface area contributed by atoms with Gasteiger partial charge in [-0.2, -0.15) is 26.9 Å². The molecule has 6 atom stereocenters. The first-order valence-corrected chi connectivity index (χ1v) is 53.5. The fraction of sp³-hybridized carbons (Fsp3) is 0.265. The van der Waals surface area contributed by atoms with E-state index in [4.69, 9.17) is 42.6 Å². The number of nitrogens with one attached hydrogen (secondary N) is 6. The van der Waals surface area contributed by atoms with Gasteiger partial charge in [0.15, 0.2) is 54.7 Å². The van der Waals surface area contributed by atoms with Crippen molar-refractivity contribution in [2.75, 3.05) is 69.6 Å². The minimum Gasteiger partial charge on any atom is -0.496 e. The molecule has 36 nitrogen and oxygen atoms in total. The maximum atomic E-state index is 12.8. The van der Waals surface area contributed by atoms with E-state index >= 15 is 0 Å². The van der Waals surface area contributed by atoms with Gasteiger partial charge in [-0.15, -0.1) is 0 Å². The summed E-state index contributed by atoms with van der Waals surface area (Å²) in [5, 5.41) is 2.25. The number of hydrogen-bond donors (Lipinski definition) is 6. The smallest absolute Gasteiger partial charge is 0.422 e. The lowest BCUT2D eigenvalue weighted by molar-refractivity contribution is -0.153. The fourth-order valence-corrected chi connectivity index (χ4v) is 21.6. The highest BCUT2D eigenvalue weighted by atomic mass is 32.2. The molecule has 19 rings (SSSR count). The van der Waals surface area contributed by atoms with Crippen LogP contribution in [0.1, 0.15) is 85.1 Å². The maximum absolute atomic E-state index is 12.8. The lowest BCUT2D eigenvalue weighted by atomic mass is 10.1. The van der Waals surface area contributed by atoms with Crippen LogP contribution in [0.2, 0.25) is 0 Å². The highest BCUT2D eigenvalue weighted by molar-refractivity contribution is 7.85. The summed E-state index contributed by atoms with van der Waals surface area (Å²) in [7, 11) is 2.70. The van der Waals surface area contributed by atoms with Crippen molar-refractivity contribution in [1.29, 1.82) is 0 Å². The number of hydrogen-bond acceptors (Lipinski definition) is 29.